The summed E-state index contributed by atoms with van der Waals surface area (Å²) in [6.45, 7) is -0.186. The number of alkyl halides is 4. The predicted molar refractivity (Wildman–Crippen MR) is 60.0 cm³/mol. The van der Waals surface area contributed by atoms with Crippen LogP contribution in [-0.2, 0) is 11.3 Å². The van der Waals surface area contributed by atoms with E-state index < -0.39 is 18.3 Å². The Morgan fingerprint density at radius 2 is 2.00 bits per heavy atom. The largest absolute Gasteiger partial charge is 0.454 e. The Kier molecular flexibility index (Phi) is 3.74. The summed E-state index contributed by atoms with van der Waals surface area (Å²) in [4.78, 5) is 11.8. The van der Waals surface area contributed by atoms with Gasteiger partial charge in [0.2, 0.25) is 6.79 Å². The average Bonchev–Trinajstić information content (AvgIpc) is 2.84. The zero-order valence-corrected chi connectivity index (χ0v) is 10.4. The number of hydrogen-bond donors (Lipinski definition) is 0. The lowest BCUT2D eigenvalue weighted by Crippen LogP contribution is -2.45. The Hall–Kier alpha value is -1.99. The minimum Gasteiger partial charge on any atom is -0.454 e. The first-order chi connectivity index (χ1) is 9.32. The van der Waals surface area contributed by atoms with E-state index in [9.17, 15) is 22.4 Å². The molecule has 20 heavy (non-hydrogen) atoms. The molecule has 0 saturated heterocycles. The molecule has 1 heterocycles. The molecule has 0 unspecified atom stereocenters. The van der Waals surface area contributed by atoms with Gasteiger partial charge in [0, 0.05) is 13.6 Å². The minimum absolute atomic E-state index is 0.0526. The molecule has 0 saturated carbocycles. The molecule has 0 bridgehead atoms. The van der Waals surface area contributed by atoms with Gasteiger partial charge in [-0.3, -0.25) is 4.79 Å². The van der Waals surface area contributed by atoms with Crippen LogP contribution in [0.2, 0.25) is 0 Å². The van der Waals surface area contributed by atoms with E-state index >= 15 is 0 Å². The smallest absolute Gasteiger partial charge is 0.383 e. The van der Waals surface area contributed by atoms with E-state index in [0.717, 1.165) is 7.05 Å². The van der Waals surface area contributed by atoms with E-state index in [4.69, 9.17) is 9.47 Å². The van der Waals surface area contributed by atoms with Crippen molar-refractivity contribution in [2.45, 2.75) is 18.9 Å². The van der Waals surface area contributed by atoms with E-state index in [1.165, 1.54) is 12.1 Å². The van der Waals surface area contributed by atoms with Crippen molar-refractivity contribution in [3.05, 3.63) is 23.8 Å². The van der Waals surface area contributed by atoms with Gasteiger partial charge >= 0.3 is 12.3 Å². The Labute approximate surface area is 111 Å². The number of ether oxygens (including phenoxy) is 2. The van der Waals surface area contributed by atoms with E-state index in [1.807, 2.05) is 0 Å². The SMILES string of the molecule is CN(Cc1ccc2c(c1)OCO2)C(=O)C(F)(F)C(F)F. The van der Waals surface area contributed by atoms with Crippen LogP contribution in [0, 0.1) is 0 Å². The van der Waals surface area contributed by atoms with Crippen LogP contribution in [0.3, 0.4) is 0 Å². The average molecular weight is 293 g/mol. The molecule has 0 aliphatic carbocycles. The topological polar surface area (TPSA) is 38.8 Å². The lowest BCUT2D eigenvalue weighted by molar-refractivity contribution is -0.179. The van der Waals surface area contributed by atoms with Gasteiger partial charge < -0.3 is 14.4 Å². The molecular weight excluding hydrogens is 282 g/mol. The number of amides is 1. The summed E-state index contributed by atoms with van der Waals surface area (Å²) in [5.41, 5.74) is 0.468. The second-order valence-corrected chi connectivity index (χ2v) is 4.27. The molecule has 1 amide bonds. The van der Waals surface area contributed by atoms with Crippen molar-refractivity contribution in [1.29, 1.82) is 0 Å². The third-order valence-electron chi connectivity index (χ3n) is 2.76. The van der Waals surface area contributed by atoms with Crippen molar-refractivity contribution in [3.63, 3.8) is 0 Å². The lowest BCUT2D eigenvalue weighted by Gasteiger charge is -2.22. The summed E-state index contributed by atoms with van der Waals surface area (Å²) in [5, 5.41) is 0. The molecule has 0 aromatic heterocycles. The zero-order valence-electron chi connectivity index (χ0n) is 10.4. The van der Waals surface area contributed by atoms with Crippen molar-refractivity contribution in [2.75, 3.05) is 13.8 Å². The Morgan fingerprint density at radius 1 is 1.35 bits per heavy atom. The molecule has 1 aromatic carbocycles. The van der Waals surface area contributed by atoms with Crippen LogP contribution in [0.1, 0.15) is 5.56 Å². The maximum Gasteiger partial charge on any atom is 0.383 e. The third kappa shape index (κ3) is 2.63. The fourth-order valence-corrected chi connectivity index (χ4v) is 1.73. The van der Waals surface area contributed by atoms with Gasteiger partial charge in [-0.2, -0.15) is 8.78 Å². The quantitative estimate of drug-likeness (QED) is 0.799. The summed E-state index contributed by atoms with van der Waals surface area (Å²) in [6.07, 6.45) is -4.03. The van der Waals surface area contributed by atoms with Gasteiger partial charge in [-0.1, -0.05) is 6.07 Å². The highest BCUT2D eigenvalue weighted by Crippen LogP contribution is 2.33. The van der Waals surface area contributed by atoms with Gasteiger partial charge in [-0.25, -0.2) is 8.78 Å². The zero-order chi connectivity index (χ0) is 14.9. The molecule has 0 fully saturated rings. The van der Waals surface area contributed by atoms with E-state index in [2.05, 4.69) is 0 Å². The number of hydrogen-bond acceptors (Lipinski definition) is 3. The number of fused-ring (bicyclic) bond motifs is 1. The lowest BCUT2D eigenvalue weighted by atomic mass is 10.2. The van der Waals surface area contributed by atoms with Crippen LogP contribution in [0.15, 0.2) is 18.2 Å². The highest BCUT2D eigenvalue weighted by Gasteiger charge is 2.50. The first-order valence-corrected chi connectivity index (χ1v) is 5.62. The monoisotopic (exact) mass is 293 g/mol. The fourth-order valence-electron chi connectivity index (χ4n) is 1.73. The van der Waals surface area contributed by atoms with Gasteiger partial charge in [0.1, 0.15) is 0 Å². The summed E-state index contributed by atoms with van der Waals surface area (Å²) < 4.78 is 60.2. The molecule has 1 aliphatic heterocycles. The Balaban J connectivity index is 2.08. The van der Waals surface area contributed by atoms with Gasteiger partial charge in [-0.05, 0) is 17.7 Å². The Bertz CT molecular complexity index is 521. The number of rotatable bonds is 4. The molecule has 0 spiro atoms. The third-order valence-corrected chi connectivity index (χ3v) is 2.76. The van der Waals surface area contributed by atoms with Crippen molar-refractivity contribution in [3.8, 4) is 11.5 Å². The number of carbonyl (C=O) groups is 1. The van der Waals surface area contributed by atoms with E-state index in [-0.39, 0.29) is 13.3 Å². The normalized spacial score (nSPS) is 13.7. The molecule has 8 heteroatoms. The van der Waals surface area contributed by atoms with Crippen molar-refractivity contribution < 1.29 is 31.8 Å². The van der Waals surface area contributed by atoms with Crippen LogP contribution in [0.5, 0.6) is 11.5 Å². The molecule has 0 radical (unpaired) electrons. The number of benzene rings is 1. The number of carbonyl (C=O) groups excluding carboxylic acids is 1. The molecule has 0 atom stereocenters. The second-order valence-electron chi connectivity index (χ2n) is 4.27. The van der Waals surface area contributed by atoms with Crippen molar-refractivity contribution in [1.82, 2.24) is 4.90 Å². The van der Waals surface area contributed by atoms with Crippen molar-refractivity contribution >= 4 is 5.91 Å². The first kappa shape index (κ1) is 14.4. The van der Waals surface area contributed by atoms with Crippen LogP contribution < -0.4 is 9.47 Å². The second kappa shape index (κ2) is 5.18. The van der Waals surface area contributed by atoms with E-state index in [0.29, 0.717) is 22.0 Å². The maximum atomic E-state index is 12.9. The number of nitrogens with zero attached hydrogens (tertiary/aromatic N) is 1. The fraction of sp³-hybridized carbons (Fsp3) is 0.417. The summed E-state index contributed by atoms with van der Waals surface area (Å²) in [7, 11) is 1.03. The minimum atomic E-state index is -4.69. The van der Waals surface area contributed by atoms with Crippen LogP contribution in [-0.4, -0.2) is 37.0 Å². The van der Waals surface area contributed by atoms with Crippen LogP contribution in [0.25, 0.3) is 0 Å². The highest BCUT2D eigenvalue weighted by molar-refractivity contribution is 5.83. The molecule has 1 aliphatic rings. The maximum absolute atomic E-state index is 12.9. The molecule has 110 valence electrons. The van der Waals surface area contributed by atoms with Gasteiger partial charge in [-0.15, -0.1) is 0 Å². The van der Waals surface area contributed by atoms with Crippen LogP contribution >= 0.6 is 0 Å². The summed E-state index contributed by atoms with van der Waals surface area (Å²) in [6, 6.07) is 4.60. The highest BCUT2D eigenvalue weighted by atomic mass is 19.3. The van der Waals surface area contributed by atoms with Gasteiger partial charge in [0.25, 0.3) is 5.91 Å². The molecule has 4 nitrogen and oxygen atoms in total. The van der Waals surface area contributed by atoms with Crippen LogP contribution in [0.4, 0.5) is 17.6 Å². The van der Waals surface area contributed by atoms with Crippen molar-refractivity contribution in [2.24, 2.45) is 0 Å². The van der Waals surface area contributed by atoms with Gasteiger partial charge in [0.15, 0.2) is 11.5 Å². The predicted octanol–water partition coefficient (Wildman–Crippen LogP) is 2.27. The molecular formula is C12H11F4NO3. The molecule has 1 aromatic rings. The number of halogens is 4. The molecule has 0 N–H and O–H groups in total. The standard InChI is InChI=1S/C12H11F4NO3/c1-17(11(18)12(15,16)10(13)14)5-7-2-3-8-9(4-7)20-6-19-8/h2-4,10H,5-6H2,1H3. The Morgan fingerprint density at radius 3 is 2.65 bits per heavy atom. The van der Waals surface area contributed by atoms with E-state index in [1.54, 1.807) is 6.07 Å². The van der Waals surface area contributed by atoms with Gasteiger partial charge in [0.05, 0.1) is 0 Å². The summed E-state index contributed by atoms with van der Waals surface area (Å²) >= 11 is 0. The first-order valence-electron chi connectivity index (χ1n) is 5.62. The summed E-state index contributed by atoms with van der Waals surface area (Å²) in [5.74, 6) is -5.69. The molecule has 2 rings (SSSR count).